The van der Waals surface area contributed by atoms with Crippen molar-refractivity contribution in [2.75, 3.05) is 0 Å². The lowest BCUT2D eigenvalue weighted by molar-refractivity contribution is 0.163. The summed E-state index contributed by atoms with van der Waals surface area (Å²) in [5, 5.41) is 11.6. The lowest BCUT2D eigenvalue weighted by atomic mass is 10.1. The van der Waals surface area contributed by atoms with Gasteiger partial charge in [-0.15, -0.1) is 0 Å². The van der Waals surface area contributed by atoms with Gasteiger partial charge < -0.3 is 15.7 Å². The maximum atomic E-state index is 8.64. The molecule has 0 aromatic carbocycles. The molecule has 88 valence electrons. The Hall–Kier alpha value is -1.78. The minimum Gasteiger partial charge on any atom is -0.474 e. The van der Waals surface area contributed by atoms with Crippen LogP contribution < -0.4 is 10.5 Å². The van der Waals surface area contributed by atoms with E-state index >= 15 is 0 Å². The minimum absolute atomic E-state index is 0.000874. The summed E-state index contributed by atoms with van der Waals surface area (Å²) in [6.07, 6.45) is 1.62. The molecule has 5 nitrogen and oxygen atoms in total. The Balaban J connectivity index is 2.96. The van der Waals surface area contributed by atoms with E-state index in [1.54, 1.807) is 18.3 Å². The largest absolute Gasteiger partial charge is 0.474 e. The van der Waals surface area contributed by atoms with Gasteiger partial charge in [0, 0.05) is 6.20 Å². The molecule has 0 fully saturated rings. The van der Waals surface area contributed by atoms with Crippen LogP contribution in [0, 0.1) is 5.92 Å². The second-order valence-electron chi connectivity index (χ2n) is 3.91. The average molecular weight is 223 g/mol. The van der Waals surface area contributed by atoms with Crippen molar-refractivity contribution in [3.63, 3.8) is 0 Å². The number of aromatic nitrogens is 1. The fourth-order valence-electron chi connectivity index (χ4n) is 1.05. The lowest BCUT2D eigenvalue weighted by Gasteiger charge is -2.18. The summed E-state index contributed by atoms with van der Waals surface area (Å²) >= 11 is 0. The van der Waals surface area contributed by atoms with Crippen molar-refractivity contribution in [3.05, 3.63) is 23.9 Å². The Bertz CT molecular complexity index is 377. The standard InChI is InChI=1S/C11H17N3O2/c1-7(2)8(3)16-11-9(10(12)14-15)5-4-6-13-11/h4-8,15H,1-3H3,(H2,12,14). The number of rotatable bonds is 4. The summed E-state index contributed by atoms with van der Waals surface area (Å²) in [4.78, 5) is 4.08. The van der Waals surface area contributed by atoms with E-state index in [0.717, 1.165) is 0 Å². The van der Waals surface area contributed by atoms with Gasteiger partial charge in [-0.2, -0.15) is 0 Å². The second-order valence-corrected chi connectivity index (χ2v) is 3.91. The van der Waals surface area contributed by atoms with Crippen molar-refractivity contribution in [1.82, 2.24) is 4.98 Å². The zero-order valence-corrected chi connectivity index (χ0v) is 9.71. The molecule has 1 unspecified atom stereocenters. The molecule has 1 rings (SSSR count). The molecule has 0 aliphatic rings. The van der Waals surface area contributed by atoms with Crippen LogP contribution in [0.2, 0.25) is 0 Å². The van der Waals surface area contributed by atoms with E-state index in [-0.39, 0.29) is 11.9 Å². The lowest BCUT2D eigenvalue weighted by Crippen LogP contribution is -2.22. The van der Waals surface area contributed by atoms with Crippen LogP contribution in [-0.2, 0) is 0 Å². The molecule has 1 aromatic rings. The van der Waals surface area contributed by atoms with Gasteiger partial charge in [0.15, 0.2) is 5.84 Å². The first kappa shape index (κ1) is 12.3. The van der Waals surface area contributed by atoms with E-state index in [9.17, 15) is 0 Å². The maximum Gasteiger partial charge on any atom is 0.224 e. The van der Waals surface area contributed by atoms with Crippen molar-refractivity contribution >= 4 is 5.84 Å². The predicted molar refractivity (Wildman–Crippen MR) is 61.7 cm³/mol. The number of hydrogen-bond donors (Lipinski definition) is 2. The Labute approximate surface area is 94.9 Å². The molecule has 1 atom stereocenters. The highest BCUT2D eigenvalue weighted by molar-refractivity contribution is 5.98. The van der Waals surface area contributed by atoms with Crippen LogP contribution in [0.15, 0.2) is 23.5 Å². The summed E-state index contributed by atoms with van der Waals surface area (Å²) in [6, 6.07) is 3.41. The number of oxime groups is 1. The number of pyridine rings is 1. The van der Waals surface area contributed by atoms with Gasteiger partial charge in [0.25, 0.3) is 0 Å². The Morgan fingerprint density at radius 3 is 2.75 bits per heavy atom. The van der Waals surface area contributed by atoms with Crippen LogP contribution in [0.25, 0.3) is 0 Å². The quantitative estimate of drug-likeness (QED) is 0.351. The molecule has 0 aliphatic heterocycles. The summed E-state index contributed by atoms with van der Waals surface area (Å²) < 4.78 is 5.65. The van der Waals surface area contributed by atoms with E-state index in [1.165, 1.54) is 0 Å². The summed E-state index contributed by atoms with van der Waals surface area (Å²) in [6.45, 7) is 6.06. The molecule has 0 saturated heterocycles. The fraction of sp³-hybridized carbons (Fsp3) is 0.455. The molecular weight excluding hydrogens is 206 g/mol. The van der Waals surface area contributed by atoms with Gasteiger partial charge in [0.05, 0.1) is 11.7 Å². The molecule has 16 heavy (non-hydrogen) atoms. The summed E-state index contributed by atoms with van der Waals surface area (Å²) in [5.74, 6) is 0.750. The van der Waals surface area contributed by atoms with Gasteiger partial charge >= 0.3 is 0 Å². The van der Waals surface area contributed by atoms with E-state index in [1.807, 2.05) is 6.92 Å². The van der Waals surface area contributed by atoms with Crippen molar-refractivity contribution in [2.45, 2.75) is 26.9 Å². The van der Waals surface area contributed by atoms with Gasteiger partial charge in [0.1, 0.15) is 0 Å². The van der Waals surface area contributed by atoms with Crippen LogP contribution in [0.4, 0.5) is 0 Å². The summed E-state index contributed by atoms with van der Waals surface area (Å²) in [7, 11) is 0. The van der Waals surface area contributed by atoms with Crippen LogP contribution in [0.1, 0.15) is 26.3 Å². The molecule has 0 bridgehead atoms. The fourth-order valence-corrected chi connectivity index (χ4v) is 1.05. The Morgan fingerprint density at radius 1 is 1.50 bits per heavy atom. The van der Waals surface area contributed by atoms with E-state index in [2.05, 4.69) is 24.0 Å². The molecule has 1 aromatic heterocycles. The van der Waals surface area contributed by atoms with Crippen molar-refractivity contribution in [2.24, 2.45) is 16.8 Å². The zero-order valence-electron chi connectivity index (χ0n) is 9.71. The molecule has 0 saturated carbocycles. The molecular formula is C11H17N3O2. The third kappa shape index (κ3) is 2.85. The molecule has 3 N–H and O–H groups in total. The average Bonchev–Trinajstić information content (AvgIpc) is 2.28. The first-order chi connectivity index (χ1) is 7.56. The second kappa shape index (κ2) is 5.34. The third-order valence-corrected chi connectivity index (χ3v) is 2.39. The van der Waals surface area contributed by atoms with Gasteiger partial charge in [-0.25, -0.2) is 4.98 Å². The maximum absolute atomic E-state index is 8.64. The zero-order chi connectivity index (χ0) is 12.1. The van der Waals surface area contributed by atoms with E-state index in [4.69, 9.17) is 15.7 Å². The first-order valence-electron chi connectivity index (χ1n) is 5.15. The van der Waals surface area contributed by atoms with Crippen molar-refractivity contribution in [1.29, 1.82) is 0 Å². The molecule has 0 radical (unpaired) electrons. The molecule has 0 amide bonds. The number of nitrogens with zero attached hydrogens (tertiary/aromatic N) is 2. The van der Waals surface area contributed by atoms with Crippen molar-refractivity contribution < 1.29 is 9.94 Å². The van der Waals surface area contributed by atoms with Gasteiger partial charge in [-0.3, -0.25) is 0 Å². The normalized spacial score (nSPS) is 13.9. The molecule has 1 heterocycles. The topological polar surface area (TPSA) is 80.7 Å². The highest BCUT2D eigenvalue weighted by Gasteiger charge is 2.14. The highest BCUT2D eigenvalue weighted by atomic mass is 16.5. The Morgan fingerprint density at radius 2 is 2.19 bits per heavy atom. The minimum atomic E-state index is -0.000874. The smallest absolute Gasteiger partial charge is 0.224 e. The third-order valence-electron chi connectivity index (χ3n) is 2.39. The van der Waals surface area contributed by atoms with Gasteiger partial charge in [-0.05, 0) is 25.0 Å². The molecule has 5 heteroatoms. The summed E-state index contributed by atoms with van der Waals surface area (Å²) in [5.41, 5.74) is 6.02. The number of amidine groups is 1. The molecule has 0 aliphatic carbocycles. The van der Waals surface area contributed by atoms with Gasteiger partial charge in [0.2, 0.25) is 5.88 Å². The van der Waals surface area contributed by atoms with Crippen LogP contribution in [0.3, 0.4) is 0 Å². The Kier molecular flexibility index (Phi) is 4.10. The van der Waals surface area contributed by atoms with Crippen molar-refractivity contribution in [3.8, 4) is 5.88 Å². The first-order valence-corrected chi connectivity index (χ1v) is 5.15. The number of hydrogen-bond acceptors (Lipinski definition) is 4. The molecule has 0 spiro atoms. The number of nitrogens with two attached hydrogens (primary N) is 1. The monoisotopic (exact) mass is 223 g/mol. The number of ether oxygens (including phenoxy) is 1. The highest BCUT2D eigenvalue weighted by Crippen LogP contribution is 2.17. The van der Waals surface area contributed by atoms with Gasteiger partial charge in [-0.1, -0.05) is 19.0 Å². The van der Waals surface area contributed by atoms with E-state index in [0.29, 0.717) is 17.4 Å². The predicted octanol–water partition coefficient (Wildman–Crippen LogP) is 1.60. The SMILES string of the molecule is CC(C)C(C)Oc1ncccc1/C(N)=N/O. The van der Waals surface area contributed by atoms with Crippen LogP contribution in [-0.4, -0.2) is 22.1 Å². The van der Waals surface area contributed by atoms with Crippen LogP contribution >= 0.6 is 0 Å². The van der Waals surface area contributed by atoms with E-state index < -0.39 is 0 Å². The van der Waals surface area contributed by atoms with Crippen LogP contribution in [0.5, 0.6) is 5.88 Å².